The van der Waals surface area contributed by atoms with Gasteiger partial charge in [0.05, 0.1) is 5.02 Å². The lowest BCUT2D eigenvalue weighted by Gasteiger charge is -2.25. The fraction of sp³-hybridized carbons (Fsp3) is 0.444. The van der Waals surface area contributed by atoms with Crippen molar-refractivity contribution in [2.24, 2.45) is 0 Å². The minimum Gasteiger partial charge on any atom is -0.261 e. The van der Waals surface area contributed by atoms with Gasteiger partial charge in [0.15, 0.2) is 0 Å². The van der Waals surface area contributed by atoms with E-state index in [1.54, 1.807) is 6.20 Å². The van der Waals surface area contributed by atoms with Gasteiger partial charge in [-0.2, -0.15) is 0 Å². The molecule has 2 heterocycles. The molecule has 0 aromatic carbocycles. The molecule has 0 radical (unpaired) electrons. The summed E-state index contributed by atoms with van der Waals surface area (Å²) in [5, 5.41) is 0.675. The van der Waals surface area contributed by atoms with Crippen molar-refractivity contribution in [1.82, 2.24) is 9.97 Å². The first kappa shape index (κ1) is 16.0. The molecule has 0 amide bonds. The van der Waals surface area contributed by atoms with E-state index in [0.29, 0.717) is 5.02 Å². The van der Waals surface area contributed by atoms with Crippen LogP contribution in [0.2, 0.25) is 5.02 Å². The van der Waals surface area contributed by atoms with Crippen molar-refractivity contribution in [2.45, 2.75) is 51.9 Å². The van der Waals surface area contributed by atoms with E-state index < -0.39 is 0 Å². The van der Waals surface area contributed by atoms with Crippen molar-refractivity contribution in [3.05, 3.63) is 58.6 Å². The fourth-order valence-corrected chi connectivity index (χ4v) is 2.48. The Morgan fingerprint density at radius 2 is 1.67 bits per heavy atom. The highest BCUT2D eigenvalue weighted by Crippen LogP contribution is 2.28. The number of hydrogen-bond acceptors (Lipinski definition) is 2. The summed E-state index contributed by atoms with van der Waals surface area (Å²) < 4.78 is 0. The normalized spacial score (nSPS) is 12.5. The van der Waals surface area contributed by atoms with Crippen molar-refractivity contribution >= 4 is 11.6 Å². The van der Waals surface area contributed by atoms with Crippen molar-refractivity contribution in [2.75, 3.05) is 0 Å². The number of pyridine rings is 2. The van der Waals surface area contributed by atoms with Gasteiger partial charge in [0.25, 0.3) is 0 Å². The summed E-state index contributed by atoms with van der Waals surface area (Å²) in [6.07, 6.45) is 4.54. The van der Waals surface area contributed by atoms with Crippen LogP contribution < -0.4 is 0 Å². The second-order valence-electron chi connectivity index (χ2n) is 7.22. The summed E-state index contributed by atoms with van der Waals surface area (Å²) in [6, 6.07) is 8.21. The highest BCUT2D eigenvalue weighted by molar-refractivity contribution is 6.30. The van der Waals surface area contributed by atoms with Crippen LogP contribution in [-0.4, -0.2) is 9.97 Å². The van der Waals surface area contributed by atoms with Crippen LogP contribution in [0.1, 0.15) is 51.6 Å². The van der Waals surface area contributed by atoms with Gasteiger partial charge in [0, 0.05) is 34.6 Å². The maximum Gasteiger partial charge on any atom is 0.0589 e. The summed E-state index contributed by atoms with van der Waals surface area (Å²) in [6.45, 7) is 11.0. The fourth-order valence-electron chi connectivity index (χ4n) is 2.37. The molecule has 0 unspecified atom stereocenters. The van der Waals surface area contributed by atoms with Crippen LogP contribution in [0.15, 0.2) is 36.7 Å². The molecule has 112 valence electrons. The monoisotopic (exact) mass is 302 g/mol. The van der Waals surface area contributed by atoms with Crippen molar-refractivity contribution in [3.8, 4) is 0 Å². The lowest BCUT2D eigenvalue weighted by atomic mass is 9.81. The van der Waals surface area contributed by atoms with Crippen LogP contribution in [0, 0.1) is 0 Å². The van der Waals surface area contributed by atoms with Crippen LogP contribution in [0.5, 0.6) is 0 Å². The Hall–Kier alpha value is -1.41. The van der Waals surface area contributed by atoms with E-state index >= 15 is 0 Å². The Balaban J connectivity index is 2.26. The molecule has 2 aromatic heterocycles. The van der Waals surface area contributed by atoms with Crippen LogP contribution >= 0.6 is 11.6 Å². The molecule has 0 aliphatic rings. The minimum absolute atomic E-state index is 0.0406. The molecular formula is C18H23ClN2. The van der Waals surface area contributed by atoms with Gasteiger partial charge in [-0.3, -0.25) is 9.97 Å². The predicted molar refractivity (Wildman–Crippen MR) is 88.9 cm³/mol. The van der Waals surface area contributed by atoms with E-state index in [1.165, 1.54) is 5.56 Å². The largest absolute Gasteiger partial charge is 0.261 e. The zero-order valence-corrected chi connectivity index (χ0v) is 14.2. The van der Waals surface area contributed by atoms with Crippen LogP contribution in [0.3, 0.4) is 0 Å². The van der Waals surface area contributed by atoms with Gasteiger partial charge in [-0.25, -0.2) is 0 Å². The van der Waals surface area contributed by atoms with Gasteiger partial charge in [0.1, 0.15) is 0 Å². The van der Waals surface area contributed by atoms with E-state index in [0.717, 1.165) is 17.8 Å². The number of nitrogens with zero attached hydrogens (tertiary/aromatic N) is 2. The SMILES string of the molecule is CC(C)(C)c1cc(CC(C)(C)c2ccc(Cl)cn2)ccn1. The standard InChI is InChI=1S/C18H23ClN2/c1-17(2,3)16-10-13(8-9-20-16)11-18(4,5)15-7-6-14(19)12-21-15/h6-10,12H,11H2,1-5H3. The van der Waals surface area contributed by atoms with Crippen LogP contribution in [0.4, 0.5) is 0 Å². The number of halogens is 1. The highest BCUT2D eigenvalue weighted by Gasteiger charge is 2.24. The average molecular weight is 303 g/mol. The highest BCUT2D eigenvalue weighted by atomic mass is 35.5. The Morgan fingerprint density at radius 1 is 0.952 bits per heavy atom. The summed E-state index contributed by atoms with van der Waals surface area (Å²) in [7, 11) is 0. The lowest BCUT2D eigenvalue weighted by Crippen LogP contribution is -2.22. The smallest absolute Gasteiger partial charge is 0.0589 e. The van der Waals surface area contributed by atoms with E-state index in [2.05, 4.69) is 56.7 Å². The lowest BCUT2D eigenvalue weighted by molar-refractivity contribution is 0.502. The van der Waals surface area contributed by atoms with Gasteiger partial charge >= 0.3 is 0 Å². The van der Waals surface area contributed by atoms with E-state index in [4.69, 9.17) is 11.6 Å². The molecule has 0 N–H and O–H groups in total. The van der Waals surface area contributed by atoms with Gasteiger partial charge in [-0.1, -0.05) is 46.2 Å². The Labute approximate surface area is 132 Å². The summed E-state index contributed by atoms with van der Waals surface area (Å²) in [5.41, 5.74) is 3.50. The molecule has 0 atom stereocenters. The quantitative estimate of drug-likeness (QED) is 0.802. The minimum atomic E-state index is -0.0406. The first-order chi connectivity index (χ1) is 9.68. The Morgan fingerprint density at radius 3 is 2.24 bits per heavy atom. The zero-order chi connectivity index (χ0) is 15.7. The molecule has 2 aromatic rings. The Bertz CT molecular complexity index is 610. The molecular weight excluding hydrogens is 280 g/mol. The maximum absolute atomic E-state index is 5.92. The van der Waals surface area contributed by atoms with Crippen molar-refractivity contribution in [3.63, 3.8) is 0 Å². The summed E-state index contributed by atoms with van der Waals surface area (Å²) in [5.74, 6) is 0. The zero-order valence-electron chi connectivity index (χ0n) is 13.4. The van der Waals surface area contributed by atoms with E-state index in [1.807, 2.05) is 18.3 Å². The summed E-state index contributed by atoms with van der Waals surface area (Å²) >= 11 is 5.92. The number of aromatic nitrogens is 2. The molecule has 3 heteroatoms. The van der Waals surface area contributed by atoms with E-state index in [9.17, 15) is 0 Å². The summed E-state index contributed by atoms with van der Waals surface area (Å²) in [4.78, 5) is 8.96. The molecule has 2 nitrogen and oxygen atoms in total. The third-order valence-corrected chi connectivity index (χ3v) is 3.88. The molecule has 0 saturated carbocycles. The van der Waals surface area contributed by atoms with Crippen LogP contribution in [0.25, 0.3) is 0 Å². The molecule has 0 fully saturated rings. The molecule has 0 bridgehead atoms. The molecule has 0 spiro atoms. The Kier molecular flexibility index (Phi) is 4.38. The third-order valence-electron chi connectivity index (χ3n) is 3.66. The van der Waals surface area contributed by atoms with E-state index in [-0.39, 0.29) is 10.8 Å². The average Bonchev–Trinajstić information content (AvgIpc) is 2.38. The van der Waals surface area contributed by atoms with Crippen molar-refractivity contribution < 1.29 is 0 Å². The topological polar surface area (TPSA) is 25.8 Å². The second-order valence-corrected chi connectivity index (χ2v) is 7.66. The van der Waals surface area contributed by atoms with Crippen molar-refractivity contribution in [1.29, 1.82) is 0 Å². The molecule has 0 aliphatic carbocycles. The molecule has 0 saturated heterocycles. The maximum atomic E-state index is 5.92. The number of hydrogen-bond donors (Lipinski definition) is 0. The first-order valence-corrected chi connectivity index (χ1v) is 7.64. The second kappa shape index (κ2) is 5.76. The first-order valence-electron chi connectivity index (χ1n) is 7.26. The predicted octanol–water partition coefficient (Wildman–Crippen LogP) is 4.95. The third kappa shape index (κ3) is 4.04. The molecule has 21 heavy (non-hydrogen) atoms. The number of rotatable bonds is 3. The molecule has 2 rings (SSSR count). The van der Waals surface area contributed by atoms with Gasteiger partial charge in [0.2, 0.25) is 0 Å². The van der Waals surface area contributed by atoms with Crippen LogP contribution in [-0.2, 0) is 17.3 Å². The van der Waals surface area contributed by atoms with Gasteiger partial charge in [-0.05, 0) is 36.2 Å². The van der Waals surface area contributed by atoms with Gasteiger partial charge < -0.3 is 0 Å². The van der Waals surface area contributed by atoms with Gasteiger partial charge in [-0.15, -0.1) is 0 Å². The molecule has 0 aliphatic heterocycles.